The van der Waals surface area contributed by atoms with Crippen molar-refractivity contribution >= 4 is 5.97 Å². The summed E-state index contributed by atoms with van der Waals surface area (Å²) in [6.45, 7) is 12.1. The predicted octanol–water partition coefficient (Wildman–Crippen LogP) is 5.77. The molecule has 2 aromatic rings. The van der Waals surface area contributed by atoms with Crippen molar-refractivity contribution in [2.45, 2.75) is 66.1 Å². The molecule has 2 aromatic carbocycles. The van der Waals surface area contributed by atoms with Gasteiger partial charge in [-0.2, -0.15) is 0 Å². The van der Waals surface area contributed by atoms with Crippen molar-refractivity contribution in [1.82, 2.24) is 0 Å². The Bertz CT molecular complexity index is 972. The molecule has 30 heavy (non-hydrogen) atoms. The van der Waals surface area contributed by atoms with Gasteiger partial charge in [0.25, 0.3) is 0 Å². The van der Waals surface area contributed by atoms with Crippen molar-refractivity contribution < 1.29 is 23.4 Å². The first-order valence-corrected chi connectivity index (χ1v) is 10.4. The second-order valence-corrected chi connectivity index (χ2v) is 8.91. The SMILES string of the molecule is COC(=O)C(OC(C)(C)C)c1c(C)ccc(C)c1-c1cc(F)c2c(c1C)CCCO2. The largest absolute Gasteiger partial charge is 0.490 e. The zero-order valence-electron chi connectivity index (χ0n) is 18.9. The van der Waals surface area contributed by atoms with Gasteiger partial charge < -0.3 is 14.2 Å². The monoisotopic (exact) mass is 414 g/mol. The normalized spacial score (nSPS) is 14.7. The van der Waals surface area contributed by atoms with E-state index in [-0.39, 0.29) is 5.82 Å². The fraction of sp³-hybridized carbons (Fsp3) is 0.480. The van der Waals surface area contributed by atoms with Gasteiger partial charge in [0.15, 0.2) is 17.7 Å². The molecular formula is C25H31FO4. The van der Waals surface area contributed by atoms with Crippen LogP contribution in [0.4, 0.5) is 4.39 Å². The smallest absolute Gasteiger partial charge is 0.339 e. The number of aryl methyl sites for hydroxylation is 2. The number of ether oxygens (including phenoxy) is 3. The molecule has 1 unspecified atom stereocenters. The molecule has 1 aliphatic heterocycles. The molecule has 1 heterocycles. The molecule has 0 amide bonds. The number of halogens is 1. The summed E-state index contributed by atoms with van der Waals surface area (Å²) in [5.41, 5.74) is 5.44. The summed E-state index contributed by atoms with van der Waals surface area (Å²) < 4.78 is 31.9. The van der Waals surface area contributed by atoms with Crippen LogP contribution in [0, 0.1) is 26.6 Å². The molecule has 1 aliphatic rings. The molecule has 0 radical (unpaired) electrons. The van der Waals surface area contributed by atoms with Crippen molar-refractivity contribution in [3.05, 3.63) is 51.8 Å². The molecule has 0 aliphatic carbocycles. The lowest BCUT2D eigenvalue weighted by Gasteiger charge is -2.30. The quantitative estimate of drug-likeness (QED) is 0.596. The maximum atomic E-state index is 15.0. The highest BCUT2D eigenvalue weighted by Gasteiger charge is 2.33. The summed E-state index contributed by atoms with van der Waals surface area (Å²) in [4.78, 5) is 12.8. The van der Waals surface area contributed by atoms with Gasteiger partial charge in [0.05, 0.1) is 19.3 Å². The van der Waals surface area contributed by atoms with Crippen molar-refractivity contribution in [2.75, 3.05) is 13.7 Å². The molecule has 1 atom stereocenters. The van der Waals surface area contributed by atoms with Crippen molar-refractivity contribution in [1.29, 1.82) is 0 Å². The second-order valence-electron chi connectivity index (χ2n) is 8.91. The highest BCUT2D eigenvalue weighted by atomic mass is 19.1. The Morgan fingerprint density at radius 2 is 1.83 bits per heavy atom. The molecule has 0 N–H and O–H groups in total. The van der Waals surface area contributed by atoms with E-state index in [9.17, 15) is 4.79 Å². The summed E-state index contributed by atoms with van der Waals surface area (Å²) in [6, 6.07) is 5.48. The number of hydrogen-bond acceptors (Lipinski definition) is 4. The molecule has 0 spiro atoms. The van der Waals surface area contributed by atoms with Crippen LogP contribution in [0.2, 0.25) is 0 Å². The van der Waals surface area contributed by atoms with Crippen molar-refractivity contribution in [2.24, 2.45) is 0 Å². The van der Waals surface area contributed by atoms with Crippen LogP contribution in [0.15, 0.2) is 18.2 Å². The Balaban J connectivity index is 2.31. The molecule has 162 valence electrons. The van der Waals surface area contributed by atoms with Gasteiger partial charge in [-0.25, -0.2) is 9.18 Å². The zero-order chi connectivity index (χ0) is 22.2. The van der Waals surface area contributed by atoms with Gasteiger partial charge in [-0.3, -0.25) is 0 Å². The number of hydrogen-bond donors (Lipinski definition) is 0. The molecule has 0 saturated heterocycles. The van der Waals surface area contributed by atoms with Crippen LogP contribution in [0.25, 0.3) is 11.1 Å². The molecule has 0 aromatic heterocycles. The number of carbonyl (C=O) groups is 1. The van der Waals surface area contributed by atoms with Crippen LogP contribution in [0.1, 0.15) is 61.1 Å². The molecule has 4 nitrogen and oxygen atoms in total. The first-order valence-electron chi connectivity index (χ1n) is 10.4. The highest BCUT2D eigenvalue weighted by molar-refractivity contribution is 5.85. The number of esters is 1. The number of carbonyl (C=O) groups excluding carboxylic acids is 1. The zero-order valence-corrected chi connectivity index (χ0v) is 18.9. The lowest BCUT2D eigenvalue weighted by Crippen LogP contribution is -2.29. The number of rotatable bonds is 4. The van der Waals surface area contributed by atoms with E-state index in [0.717, 1.165) is 51.8 Å². The van der Waals surface area contributed by atoms with Gasteiger partial charge in [-0.1, -0.05) is 12.1 Å². The Hall–Kier alpha value is -2.40. The second kappa shape index (κ2) is 8.38. The van der Waals surface area contributed by atoms with E-state index in [1.807, 2.05) is 53.7 Å². The highest BCUT2D eigenvalue weighted by Crippen LogP contribution is 2.43. The van der Waals surface area contributed by atoms with Gasteiger partial charge in [0, 0.05) is 11.1 Å². The standard InChI is InChI=1S/C25H31FO4/c1-14-10-11-15(2)21(23(24(27)28-7)30-25(4,5)6)20(14)18-13-19(26)22-17(16(18)3)9-8-12-29-22/h10-11,13,23H,8-9,12H2,1-7H3. The molecule has 0 bridgehead atoms. The minimum absolute atomic E-state index is 0.352. The van der Waals surface area contributed by atoms with Gasteiger partial charge >= 0.3 is 5.97 Å². The summed E-state index contributed by atoms with van der Waals surface area (Å²) in [6.07, 6.45) is 0.707. The third kappa shape index (κ3) is 4.22. The summed E-state index contributed by atoms with van der Waals surface area (Å²) in [7, 11) is 1.35. The molecule has 3 rings (SSSR count). The predicted molar refractivity (Wildman–Crippen MR) is 115 cm³/mol. The number of benzene rings is 2. The topological polar surface area (TPSA) is 44.8 Å². The van der Waals surface area contributed by atoms with Crippen LogP contribution >= 0.6 is 0 Å². The van der Waals surface area contributed by atoms with E-state index < -0.39 is 17.7 Å². The summed E-state index contributed by atoms with van der Waals surface area (Å²) in [5.74, 6) is -0.493. The Labute approximate surface area is 178 Å². The minimum atomic E-state index is -0.917. The molecular weight excluding hydrogens is 383 g/mol. The third-order valence-electron chi connectivity index (χ3n) is 5.53. The van der Waals surface area contributed by atoms with Crippen LogP contribution < -0.4 is 4.74 Å². The Morgan fingerprint density at radius 1 is 1.17 bits per heavy atom. The van der Waals surface area contributed by atoms with Crippen LogP contribution in [0.5, 0.6) is 5.75 Å². The maximum Gasteiger partial charge on any atom is 0.339 e. The van der Waals surface area contributed by atoms with E-state index in [1.54, 1.807) is 0 Å². The van der Waals surface area contributed by atoms with E-state index in [1.165, 1.54) is 13.2 Å². The van der Waals surface area contributed by atoms with E-state index in [2.05, 4.69) is 0 Å². The molecule has 0 saturated carbocycles. The number of fused-ring (bicyclic) bond motifs is 1. The van der Waals surface area contributed by atoms with Gasteiger partial charge in [-0.05, 0) is 88.3 Å². The van der Waals surface area contributed by atoms with E-state index in [4.69, 9.17) is 14.2 Å². The van der Waals surface area contributed by atoms with Crippen molar-refractivity contribution in [3.8, 4) is 16.9 Å². The first-order chi connectivity index (χ1) is 14.0. The van der Waals surface area contributed by atoms with Gasteiger partial charge in [-0.15, -0.1) is 0 Å². The maximum absolute atomic E-state index is 15.0. The molecule has 5 heteroatoms. The fourth-order valence-corrected chi connectivity index (χ4v) is 4.13. The van der Waals surface area contributed by atoms with Crippen LogP contribution in [-0.4, -0.2) is 25.3 Å². The lowest BCUT2D eigenvalue weighted by molar-refractivity contribution is -0.164. The van der Waals surface area contributed by atoms with Gasteiger partial charge in [0.1, 0.15) is 0 Å². The van der Waals surface area contributed by atoms with E-state index in [0.29, 0.717) is 12.4 Å². The fourth-order valence-electron chi connectivity index (χ4n) is 4.13. The molecule has 0 fully saturated rings. The van der Waals surface area contributed by atoms with Crippen LogP contribution in [0.3, 0.4) is 0 Å². The van der Waals surface area contributed by atoms with E-state index >= 15 is 4.39 Å². The Morgan fingerprint density at radius 3 is 2.47 bits per heavy atom. The summed E-state index contributed by atoms with van der Waals surface area (Å²) in [5, 5.41) is 0. The lowest BCUT2D eigenvalue weighted by atomic mass is 9.84. The average molecular weight is 415 g/mol. The first kappa shape index (κ1) is 22.3. The minimum Gasteiger partial charge on any atom is -0.490 e. The summed E-state index contributed by atoms with van der Waals surface area (Å²) >= 11 is 0. The van der Waals surface area contributed by atoms with Crippen LogP contribution in [-0.2, 0) is 20.7 Å². The van der Waals surface area contributed by atoms with Gasteiger partial charge in [0.2, 0.25) is 0 Å². The van der Waals surface area contributed by atoms with Crippen molar-refractivity contribution in [3.63, 3.8) is 0 Å². The Kier molecular flexibility index (Phi) is 6.23. The number of methoxy groups -OCH3 is 1. The average Bonchev–Trinajstić information content (AvgIpc) is 2.69. The third-order valence-corrected chi connectivity index (χ3v) is 5.53.